The minimum atomic E-state index is -0.608. The SMILES string of the molecule is COc1ccccc1[C@@H]1CC(=O)Oc2c(C(C)=O)c(O)c3c(C)cc(=O)oc3c21. The molecule has 0 radical (unpaired) electrons. The van der Waals surface area contributed by atoms with E-state index in [1.807, 2.05) is 0 Å². The van der Waals surface area contributed by atoms with Crippen molar-refractivity contribution >= 4 is 22.7 Å². The van der Waals surface area contributed by atoms with E-state index >= 15 is 0 Å². The Kier molecular flexibility index (Phi) is 4.38. The number of ketones is 1. The van der Waals surface area contributed by atoms with E-state index in [1.54, 1.807) is 31.2 Å². The van der Waals surface area contributed by atoms with Crippen molar-refractivity contribution in [2.75, 3.05) is 7.11 Å². The van der Waals surface area contributed by atoms with E-state index in [1.165, 1.54) is 20.1 Å². The maximum absolute atomic E-state index is 12.4. The predicted molar refractivity (Wildman–Crippen MR) is 104 cm³/mol. The van der Waals surface area contributed by atoms with Crippen molar-refractivity contribution < 1.29 is 28.6 Å². The summed E-state index contributed by atoms with van der Waals surface area (Å²) in [6, 6.07) is 8.39. The minimum Gasteiger partial charge on any atom is -0.506 e. The first kappa shape index (κ1) is 18.7. The van der Waals surface area contributed by atoms with Gasteiger partial charge < -0.3 is 19.0 Å². The van der Waals surface area contributed by atoms with Crippen molar-refractivity contribution in [3.63, 3.8) is 0 Å². The van der Waals surface area contributed by atoms with Gasteiger partial charge in [0, 0.05) is 23.1 Å². The highest BCUT2D eigenvalue weighted by Gasteiger charge is 2.38. The van der Waals surface area contributed by atoms with Crippen LogP contribution in [0.5, 0.6) is 17.2 Å². The van der Waals surface area contributed by atoms with Crippen LogP contribution in [0, 0.1) is 6.92 Å². The van der Waals surface area contributed by atoms with Gasteiger partial charge >= 0.3 is 11.6 Å². The molecule has 1 N–H and O–H groups in total. The summed E-state index contributed by atoms with van der Waals surface area (Å²) in [5.74, 6) is -1.54. The lowest BCUT2D eigenvalue weighted by atomic mass is 9.82. The Balaban J connectivity index is 2.20. The zero-order valence-corrected chi connectivity index (χ0v) is 16.1. The van der Waals surface area contributed by atoms with E-state index in [4.69, 9.17) is 13.9 Å². The molecule has 3 aromatic rings. The molecule has 148 valence electrons. The van der Waals surface area contributed by atoms with Gasteiger partial charge in [0.15, 0.2) is 11.5 Å². The summed E-state index contributed by atoms with van der Waals surface area (Å²) < 4.78 is 16.3. The lowest BCUT2D eigenvalue weighted by Gasteiger charge is -2.28. The van der Waals surface area contributed by atoms with Crippen LogP contribution in [0.4, 0.5) is 0 Å². The number of phenolic OH excluding ortho intramolecular Hbond substituents is 1. The Bertz CT molecular complexity index is 1240. The van der Waals surface area contributed by atoms with Gasteiger partial charge in [-0.1, -0.05) is 18.2 Å². The molecule has 1 atom stereocenters. The quantitative estimate of drug-likeness (QED) is 0.314. The molecule has 4 rings (SSSR count). The minimum absolute atomic E-state index is 0.0394. The van der Waals surface area contributed by atoms with Crippen LogP contribution in [0.2, 0.25) is 0 Å². The third kappa shape index (κ3) is 2.86. The number of aromatic hydroxyl groups is 1. The zero-order valence-electron chi connectivity index (χ0n) is 16.1. The molecular formula is C22H18O7. The molecule has 2 aromatic carbocycles. The molecule has 0 unspecified atom stereocenters. The van der Waals surface area contributed by atoms with E-state index in [0.717, 1.165) is 0 Å². The molecule has 29 heavy (non-hydrogen) atoms. The van der Waals surface area contributed by atoms with Crippen molar-refractivity contribution in [2.45, 2.75) is 26.2 Å². The standard InChI is InChI=1S/C22H18O7/c1-10-8-15(24)28-21-17(10)20(26)18(11(2)23)22-19(21)13(9-16(25)29-22)12-6-4-5-7-14(12)27-3/h4-8,13,26H,9H2,1-3H3/t13-/m0/s1. The third-order valence-electron chi connectivity index (χ3n) is 5.15. The molecule has 7 heteroatoms. The first-order chi connectivity index (χ1) is 13.8. The van der Waals surface area contributed by atoms with E-state index < -0.39 is 23.3 Å². The van der Waals surface area contributed by atoms with Crippen LogP contribution < -0.4 is 15.1 Å². The molecule has 1 aromatic heterocycles. The number of carbonyl (C=O) groups excluding carboxylic acids is 2. The van der Waals surface area contributed by atoms with E-state index in [0.29, 0.717) is 22.4 Å². The number of Topliss-reactive ketones (excluding diaryl/α,β-unsaturated/α-hetero) is 1. The van der Waals surface area contributed by atoms with Crippen LogP contribution >= 0.6 is 0 Å². The van der Waals surface area contributed by atoms with Crippen molar-refractivity contribution in [1.29, 1.82) is 0 Å². The normalized spacial score (nSPS) is 15.7. The number of fused-ring (bicyclic) bond motifs is 3. The monoisotopic (exact) mass is 394 g/mol. The lowest BCUT2D eigenvalue weighted by molar-refractivity contribution is -0.135. The third-order valence-corrected chi connectivity index (χ3v) is 5.15. The highest BCUT2D eigenvalue weighted by molar-refractivity contribution is 6.09. The predicted octanol–water partition coefficient (Wildman–Crippen LogP) is 3.46. The van der Waals surface area contributed by atoms with Gasteiger partial charge in [0.25, 0.3) is 0 Å². The second-order valence-electron chi connectivity index (χ2n) is 6.95. The lowest BCUT2D eigenvalue weighted by Crippen LogP contribution is -2.24. The number of aryl methyl sites for hydroxylation is 1. The number of hydrogen-bond acceptors (Lipinski definition) is 7. The molecule has 7 nitrogen and oxygen atoms in total. The first-order valence-corrected chi connectivity index (χ1v) is 9.01. The van der Waals surface area contributed by atoms with Gasteiger partial charge in [0.05, 0.1) is 18.9 Å². The molecule has 0 saturated carbocycles. The van der Waals surface area contributed by atoms with Crippen LogP contribution in [-0.2, 0) is 4.79 Å². The maximum Gasteiger partial charge on any atom is 0.336 e. The summed E-state index contributed by atoms with van der Waals surface area (Å²) >= 11 is 0. The number of phenols is 1. The number of benzene rings is 2. The Morgan fingerprint density at radius 1 is 1.24 bits per heavy atom. The fourth-order valence-corrected chi connectivity index (χ4v) is 3.96. The smallest absolute Gasteiger partial charge is 0.336 e. The molecule has 0 fully saturated rings. The van der Waals surface area contributed by atoms with Crippen molar-refractivity contribution in [1.82, 2.24) is 0 Å². The van der Waals surface area contributed by atoms with Gasteiger partial charge in [-0.05, 0) is 25.5 Å². The average Bonchev–Trinajstić information content (AvgIpc) is 2.66. The van der Waals surface area contributed by atoms with Crippen LogP contribution in [0.1, 0.15) is 46.3 Å². The number of esters is 1. The Labute approximate surface area is 165 Å². The molecule has 0 bridgehead atoms. The summed E-state index contributed by atoms with van der Waals surface area (Å²) in [5.41, 5.74) is 0.873. The van der Waals surface area contributed by atoms with Crippen molar-refractivity contribution in [3.8, 4) is 17.2 Å². The van der Waals surface area contributed by atoms with Crippen LogP contribution in [-0.4, -0.2) is 24.0 Å². The van der Waals surface area contributed by atoms with Crippen LogP contribution in [0.25, 0.3) is 11.0 Å². The second-order valence-corrected chi connectivity index (χ2v) is 6.95. The summed E-state index contributed by atoms with van der Waals surface area (Å²) in [6.45, 7) is 2.92. The first-order valence-electron chi connectivity index (χ1n) is 9.01. The molecule has 0 saturated heterocycles. The van der Waals surface area contributed by atoms with E-state index in [-0.39, 0.29) is 34.5 Å². The van der Waals surface area contributed by atoms with Crippen molar-refractivity contribution in [3.05, 3.63) is 63.0 Å². The molecule has 1 aliphatic heterocycles. The van der Waals surface area contributed by atoms with Crippen LogP contribution in [0.15, 0.2) is 39.5 Å². The highest BCUT2D eigenvalue weighted by Crippen LogP contribution is 2.50. The fourth-order valence-electron chi connectivity index (χ4n) is 3.96. The van der Waals surface area contributed by atoms with Gasteiger partial charge in [-0.3, -0.25) is 9.59 Å². The molecule has 0 spiro atoms. The van der Waals surface area contributed by atoms with Gasteiger partial charge in [-0.25, -0.2) is 4.79 Å². The Morgan fingerprint density at radius 3 is 2.66 bits per heavy atom. The van der Waals surface area contributed by atoms with Gasteiger partial charge in [0.2, 0.25) is 0 Å². The van der Waals surface area contributed by atoms with Gasteiger partial charge in [0.1, 0.15) is 22.6 Å². The number of para-hydroxylation sites is 1. The Hall–Kier alpha value is -3.61. The van der Waals surface area contributed by atoms with Gasteiger partial charge in [-0.2, -0.15) is 0 Å². The summed E-state index contributed by atoms with van der Waals surface area (Å²) in [7, 11) is 1.51. The highest BCUT2D eigenvalue weighted by atomic mass is 16.5. The molecule has 2 heterocycles. The van der Waals surface area contributed by atoms with Crippen LogP contribution in [0.3, 0.4) is 0 Å². The van der Waals surface area contributed by atoms with Crippen molar-refractivity contribution in [2.24, 2.45) is 0 Å². The topological polar surface area (TPSA) is 103 Å². The summed E-state index contributed by atoms with van der Waals surface area (Å²) in [5, 5.41) is 11.0. The molecule has 1 aliphatic rings. The summed E-state index contributed by atoms with van der Waals surface area (Å²) in [6.07, 6.45) is -0.0394. The largest absolute Gasteiger partial charge is 0.506 e. The number of carbonyl (C=O) groups is 2. The Morgan fingerprint density at radius 2 is 1.97 bits per heavy atom. The fraction of sp³-hybridized carbons (Fsp3) is 0.227. The van der Waals surface area contributed by atoms with E-state index in [9.17, 15) is 19.5 Å². The van der Waals surface area contributed by atoms with E-state index in [2.05, 4.69) is 0 Å². The zero-order chi connectivity index (χ0) is 20.9. The van der Waals surface area contributed by atoms with Gasteiger partial charge in [-0.15, -0.1) is 0 Å². The number of rotatable bonds is 3. The second kappa shape index (κ2) is 6.77. The average molecular weight is 394 g/mol. The number of hydrogen-bond donors (Lipinski definition) is 1. The molecular weight excluding hydrogens is 376 g/mol. The molecule has 0 amide bonds. The maximum atomic E-state index is 12.4. The number of methoxy groups -OCH3 is 1. The molecule has 0 aliphatic carbocycles. The summed E-state index contributed by atoms with van der Waals surface area (Å²) in [4.78, 5) is 36.9. The number of ether oxygens (including phenoxy) is 2.